The molecule has 6 rings (SSSR count). The van der Waals surface area contributed by atoms with Crippen molar-refractivity contribution in [3.05, 3.63) is 58.1 Å². The molecule has 2 fully saturated rings. The van der Waals surface area contributed by atoms with Crippen molar-refractivity contribution in [1.82, 2.24) is 24.6 Å². The molecule has 0 unspecified atom stereocenters. The molecule has 1 aliphatic carbocycles. The van der Waals surface area contributed by atoms with Gasteiger partial charge in [-0.2, -0.15) is 0 Å². The number of nitrogens with one attached hydrogen (secondary N) is 1. The molecule has 36 heavy (non-hydrogen) atoms. The normalized spacial score (nSPS) is 20.9. The zero-order valence-electron chi connectivity index (χ0n) is 19.7. The van der Waals surface area contributed by atoms with Crippen LogP contribution in [0.25, 0.3) is 15.4 Å². The number of likely N-dealkylation sites (tertiary alicyclic amines) is 1. The lowest BCUT2D eigenvalue weighted by Gasteiger charge is -2.35. The van der Waals surface area contributed by atoms with Crippen LogP contribution in [0.2, 0.25) is 0 Å². The molecule has 2 aliphatic rings. The first kappa shape index (κ1) is 23.1. The molecule has 1 aromatic carbocycles. The third-order valence-electron chi connectivity index (χ3n) is 7.02. The highest BCUT2D eigenvalue weighted by Crippen LogP contribution is 2.44. The second-order valence-electron chi connectivity index (χ2n) is 9.26. The number of rotatable bonds is 5. The summed E-state index contributed by atoms with van der Waals surface area (Å²) in [7, 11) is 0. The van der Waals surface area contributed by atoms with Crippen LogP contribution < -0.4 is 10.1 Å². The van der Waals surface area contributed by atoms with Crippen molar-refractivity contribution in [2.75, 3.05) is 6.54 Å². The number of carbonyl (C=O) groups excluding carboxylic acids is 2. The van der Waals surface area contributed by atoms with Gasteiger partial charge in [0.1, 0.15) is 17.2 Å². The van der Waals surface area contributed by atoms with Gasteiger partial charge < -0.3 is 15.0 Å². The average molecular weight is 526 g/mol. The molecule has 2 bridgehead atoms. The lowest BCUT2D eigenvalue weighted by Crippen LogP contribution is -2.50. The Morgan fingerprint density at radius 2 is 2.11 bits per heavy atom. The van der Waals surface area contributed by atoms with E-state index in [-0.39, 0.29) is 30.4 Å². The van der Waals surface area contributed by atoms with Crippen LogP contribution in [0.4, 0.5) is 9.18 Å². The number of ether oxygens (including phenoxy) is 1. The molecule has 1 N–H and O–H groups in total. The van der Waals surface area contributed by atoms with Crippen molar-refractivity contribution in [2.24, 2.45) is 5.92 Å². The van der Waals surface area contributed by atoms with Gasteiger partial charge in [-0.1, -0.05) is 12.1 Å². The number of aromatic nitrogens is 3. The molecule has 0 spiro atoms. The van der Waals surface area contributed by atoms with Crippen LogP contribution in [-0.2, 0) is 0 Å². The van der Waals surface area contributed by atoms with E-state index in [0.717, 1.165) is 29.2 Å². The average Bonchev–Trinajstić information content (AvgIpc) is 3.66. The monoisotopic (exact) mass is 525 g/mol. The number of imidazole rings is 1. The third kappa shape index (κ3) is 3.96. The van der Waals surface area contributed by atoms with Gasteiger partial charge in [-0.05, 0) is 56.7 Å². The van der Waals surface area contributed by atoms with E-state index < -0.39 is 6.09 Å². The van der Waals surface area contributed by atoms with E-state index in [2.05, 4.69) is 15.3 Å². The van der Waals surface area contributed by atoms with Crippen molar-refractivity contribution in [2.45, 2.75) is 45.2 Å². The molecule has 4 aromatic rings. The molecule has 1 aliphatic heterocycles. The second-order valence-corrected chi connectivity index (χ2v) is 11.3. The van der Waals surface area contributed by atoms with Crippen LogP contribution in [0.3, 0.4) is 0 Å². The highest BCUT2D eigenvalue weighted by atomic mass is 32.1. The summed E-state index contributed by atoms with van der Waals surface area (Å²) in [5.41, 5.74) is 1.62. The van der Waals surface area contributed by atoms with Crippen molar-refractivity contribution in [3.63, 3.8) is 0 Å². The number of thiazole rings is 2. The predicted molar refractivity (Wildman–Crippen MR) is 135 cm³/mol. The summed E-state index contributed by atoms with van der Waals surface area (Å²) in [5, 5.41) is 5.49. The number of hydrogen-bond acceptors (Lipinski definition) is 7. The van der Waals surface area contributed by atoms with Crippen LogP contribution >= 0.6 is 22.7 Å². The Kier molecular flexibility index (Phi) is 5.76. The Bertz CT molecular complexity index is 1480. The topological polar surface area (TPSA) is 88.8 Å². The summed E-state index contributed by atoms with van der Waals surface area (Å²) >= 11 is 2.85. The van der Waals surface area contributed by atoms with E-state index in [1.807, 2.05) is 23.4 Å². The molecule has 11 heteroatoms. The zero-order valence-corrected chi connectivity index (χ0v) is 21.4. The summed E-state index contributed by atoms with van der Waals surface area (Å²) in [4.78, 5) is 38.8. The Balaban J connectivity index is 1.21. The minimum atomic E-state index is -0.578. The van der Waals surface area contributed by atoms with Gasteiger partial charge in [0, 0.05) is 24.2 Å². The molecule has 186 valence electrons. The number of hydrogen-bond donors (Lipinski definition) is 1. The van der Waals surface area contributed by atoms with E-state index in [0.29, 0.717) is 33.6 Å². The van der Waals surface area contributed by atoms with Gasteiger partial charge in [0.2, 0.25) is 5.88 Å². The number of amides is 2. The number of halogens is 1. The molecule has 8 nitrogen and oxygen atoms in total. The summed E-state index contributed by atoms with van der Waals surface area (Å²) in [6, 6.07) is 6.19. The van der Waals surface area contributed by atoms with Gasteiger partial charge in [0.15, 0.2) is 4.96 Å². The molecule has 3 aromatic heterocycles. The molecule has 1 saturated heterocycles. The highest BCUT2D eigenvalue weighted by Gasteiger charge is 2.49. The molecule has 4 heterocycles. The Labute approximate surface area is 214 Å². The lowest BCUT2D eigenvalue weighted by atomic mass is 9.98. The first-order valence-corrected chi connectivity index (χ1v) is 13.5. The van der Waals surface area contributed by atoms with Gasteiger partial charge in [-0.15, -0.1) is 22.7 Å². The number of aryl methyl sites for hydroxylation is 2. The van der Waals surface area contributed by atoms with E-state index >= 15 is 0 Å². The van der Waals surface area contributed by atoms with Crippen molar-refractivity contribution in [1.29, 1.82) is 0 Å². The maximum atomic E-state index is 13.9. The smallest absolute Gasteiger partial charge is 0.391 e. The van der Waals surface area contributed by atoms with E-state index in [4.69, 9.17) is 4.74 Å². The predicted octanol–water partition coefficient (Wildman–Crippen LogP) is 5.06. The van der Waals surface area contributed by atoms with Crippen molar-refractivity contribution in [3.8, 4) is 16.3 Å². The minimum absolute atomic E-state index is 0.107. The maximum absolute atomic E-state index is 13.9. The van der Waals surface area contributed by atoms with Crippen LogP contribution in [0.1, 0.15) is 40.5 Å². The highest BCUT2D eigenvalue weighted by molar-refractivity contribution is 7.15. The van der Waals surface area contributed by atoms with Crippen LogP contribution in [0.15, 0.2) is 35.8 Å². The van der Waals surface area contributed by atoms with Crippen LogP contribution in [0, 0.1) is 25.6 Å². The zero-order chi connectivity index (χ0) is 25.0. The van der Waals surface area contributed by atoms with E-state index in [9.17, 15) is 14.0 Å². The number of nitrogens with zero attached hydrogens (tertiary/aromatic N) is 4. The molecular formula is C25H24FN5O3S2. The van der Waals surface area contributed by atoms with E-state index in [1.165, 1.54) is 34.8 Å². The Morgan fingerprint density at radius 1 is 1.25 bits per heavy atom. The molecule has 3 atom stereocenters. The molecule has 0 radical (unpaired) electrons. The number of benzene rings is 1. The SMILES string of the molecule is Cc1nc(C(=O)N2[C@@H]3CC[C@@H](C3)[C@H]2CNC(=O)Oc2c(C)nc3sccn23)c(-c2cccc(F)c2)s1. The Morgan fingerprint density at radius 3 is 2.94 bits per heavy atom. The quantitative estimate of drug-likeness (QED) is 0.394. The fraction of sp³-hybridized carbons (Fsp3) is 0.360. The fourth-order valence-electron chi connectivity index (χ4n) is 5.50. The summed E-state index contributed by atoms with van der Waals surface area (Å²) < 4.78 is 21.2. The minimum Gasteiger partial charge on any atom is -0.391 e. The molecule has 1 saturated carbocycles. The standard InChI is InChI=1S/C25H24FN5O3S2/c1-13-23(30-8-9-35-24(30)28-13)34-25(33)27-12-19-15-6-7-18(11-15)31(19)22(32)20-21(36-14(2)29-20)16-4-3-5-17(26)10-16/h3-5,8-10,15,18-19H,6-7,11-12H2,1-2H3,(H,27,33)/t15-,18+,19+/m0/s1. The van der Waals surface area contributed by atoms with Gasteiger partial charge in [0.05, 0.1) is 15.9 Å². The summed E-state index contributed by atoms with van der Waals surface area (Å²) in [6.45, 7) is 3.93. The summed E-state index contributed by atoms with van der Waals surface area (Å²) in [6.07, 6.45) is 4.08. The largest absolute Gasteiger partial charge is 0.414 e. The molecule has 2 amide bonds. The molecular weight excluding hydrogens is 501 g/mol. The van der Waals surface area contributed by atoms with Crippen molar-refractivity contribution < 1.29 is 18.7 Å². The first-order valence-electron chi connectivity index (χ1n) is 11.8. The van der Waals surface area contributed by atoms with Gasteiger partial charge in [0.25, 0.3) is 5.91 Å². The number of fused-ring (bicyclic) bond motifs is 3. The maximum Gasteiger partial charge on any atom is 0.414 e. The van der Waals surface area contributed by atoms with Crippen molar-refractivity contribution >= 4 is 39.6 Å². The first-order chi connectivity index (χ1) is 17.4. The fourth-order valence-corrected chi connectivity index (χ4v) is 7.16. The van der Waals surface area contributed by atoms with Gasteiger partial charge in [-0.25, -0.2) is 19.2 Å². The van der Waals surface area contributed by atoms with Gasteiger partial charge >= 0.3 is 6.09 Å². The number of piperidine rings is 1. The van der Waals surface area contributed by atoms with Crippen LogP contribution in [0.5, 0.6) is 5.88 Å². The van der Waals surface area contributed by atoms with E-state index in [1.54, 1.807) is 23.5 Å². The lowest BCUT2D eigenvalue weighted by molar-refractivity contribution is 0.0585. The Hall–Kier alpha value is -3.31. The third-order valence-corrected chi connectivity index (χ3v) is 8.80. The van der Waals surface area contributed by atoms with Gasteiger partial charge in [-0.3, -0.25) is 9.20 Å². The second kappa shape index (κ2) is 8.97. The number of carbonyl (C=O) groups is 2. The summed E-state index contributed by atoms with van der Waals surface area (Å²) in [5.74, 6) is 0.169. The van der Waals surface area contributed by atoms with Crippen LogP contribution in [-0.4, -0.2) is 49.9 Å².